The highest BCUT2D eigenvalue weighted by Crippen LogP contribution is 2.17. The molecule has 0 bridgehead atoms. The van der Waals surface area contributed by atoms with Gasteiger partial charge in [0, 0.05) is 24.0 Å². The van der Waals surface area contributed by atoms with Crippen LogP contribution in [0.15, 0.2) is 42.5 Å². The number of nitrogens with one attached hydrogen (secondary N) is 1. The minimum Gasteiger partial charge on any atom is -0.318 e. The summed E-state index contributed by atoms with van der Waals surface area (Å²) in [4.78, 5) is 25.6. The van der Waals surface area contributed by atoms with Crippen LogP contribution in [0.2, 0.25) is 0 Å². The molecular weight excluding hydrogens is 302 g/mol. The number of hydrogen-bond donors (Lipinski definition) is 1. The van der Waals surface area contributed by atoms with Gasteiger partial charge in [-0.25, -0.2) is 8.78 Å². The van der Waals surface area contributed by atoms with Gasteiger partial charge in [0.15, 0.2) is 11.6 Å². The number of rotatable bonds is 3. The van der Waals surface area contributed by atoms with Crippen LogP contribution in [0.1, 0.15) is 12.5 Å². The Bertz CT molecular complexity index is 747. The molecule has 2 rings (SSSR count). The number of halogens is 2. The third-order valence-electron chi connectivity index (χ3n) is 3.25. The molecule has 0 aliphatic carbocycles. The van der Waals surface area contributed by atoms with Crippen LogP contribution in [0, 0.1) is 18.6 Å². The molecule has 0 saturated heterocycles. The minimum absolute atomic E-state index is 0.0162. The molecule has 0 fully saturated rings. The van der Waals surface area contributed by atoms with Crippen molar-refractivity contribution in [3.8, 4) is 0 Å². The maximum absolute atomic E-state index is 13.1. The zero-order valence-corrected chi connectivity index (χ0v) is 12.8. The number of nitrogens with zero attached hydrogens (tertiary/aromatic N) is 1. The molecule has 0 radical (unpaired) electrons. The highest BCUT2D eigenvalue weighted by atomic mass is 19.2. The second kappa shape index (κ2) is 7.00. The average Bonchev–Trinajstić information content (AvgIpc) is 2.51. The number of benzene rings is 2. The molecule has 0 aliphatic rings. The summed E-state index contributed by atoms with van der Waals surface area (Å²) in [6.07, 6.45) is 0. The molecule has 2 amide bonds. The second-order valence-corrected chi connectivity index (χ2v) is 4.97. The molecule has 2 aromatic carbocycles. The fraction of sp³-hybridized carbons (Fsp3) is 0.176. The lowest BCUT2D eigenvalue weighted by molar-refractivity contribution is -0.134. The van der Waals surface area contributed by atoms with Gasteiger partial charge < -0.3 is 10.2 Å². The van der Waals surface area contributed by atoms with Crippen molar-refractivity contribution < 1.29 is 18.4 Å². The number of anilines is 2. The van der Waals surface area contributed by atoms with Crippen LogP contribution in [0.5, 0.6) is 0 Å². The summed E-state index contributed by atoms with van der Waals surface area (Å²) in [5.74, 6) is -3.81. The van der Waals surface area contributed by atoms with Crippen LogP contribution in [0.3, 0.4) is 0 Å². The van der Waals surface area contributed by atoms with Crippen molar-refractivity contribution in [3.05, 3.63) is 59.7 Å². The molecule has 0 saturated carbocycles. The van der Waals surface area contributed by atoms with Gasteiger partial charge in [-0.15, -0.1) is 0 Å². The van der Waals surface area contributed by atoms with Crippen LogP contribution < -0.4 is 10.2 Å². The van der Waals surface area contributed by atoms with E-state index in [0.717, 1.165) is 17.7 Å². The zero-order chi connectivity index (χ0) is 17.0. The van der Waals surface area contributed by atoms with E-state index in [0.29, 0.717) is 12.2 Å². The van der Waals surface area contributed by atoms with E-state index in [1.807, 2.05) is 13.0 Å². The number of carbonyl (C=O) groups excluding carboxylic acids is 2. The van der Waals surface area contributed by atoms with E-state index < -0.39 is 23.4 Å². The van der Waals surface area contributed by atoms with Crippen molar-refractivity contribution >= 4 is 23.2 Å². The lowest BCUT2D eigenvalue weighted by atomic mass is 10.2. The first-order valence-corrected chi connectivity index (χ1v) is 7.07. The molecular formula is C17H16F2N2O2. The molecule has 0 aromatic heterocycles. The summed E-state index contributed by atoms with van der Waals surface area (Å²) in [6.45, 7) is 3.92. The monoisotopic (exact) mass is 318 g/mol. The Balaban J connectivity index is 2.17. The molecule has 6 heteroatoms. The van der Waals surface area contributed by atoms with Gasteiger partial charge in [0.05, 0.1) is 0 Å². The molecule has 0 heterocycles. The van der Waals surface area contributed by atoms with Gasteiger partial charge in [-0.05, 0) is 43.7 Å². The standard InChI is InChI=1S/C17H16F2N2O2/c1-3-21(13-6-4-5-11(2)9-13)17(23)16(22)20-12-7-8-14(18)15(19)10-12/h4-10H,3H2,1-2H3,(H,20,22). The fourth-order valence-corrected chi connectivity index (χ4v) is 2.12. The Morgan fingerprint density at radius 3 is 2.43 bits per heavy atom. The van der Waals surface area contributed by atoms with Gasteiger partial charge in [-0.1, -0.05) is 12.1 Å². The van der Waals surface area contributed by atoms with Crippen molar-refractivity contribution in [1.82, 2.24) is 0 Å². The Kier molecular flexibility index (Phi) is 5.05. The summed E-state index contributed by atoms with van der Waals surface area (Å²) in [5.41, 5.74) is 1.57. The van der Waals surface area contributed by atoms with Crippen molar-refractivity contribution in [3.63, 3.8) is 0 Å². The van der Waals surface area contributed by atoms with E-state index >= 15 is 0 Å². The summed E-state index contributed by atoms with van der Waals surface area (Å²) >= 11 is 0. The Morgan fingerprint density at radius 2 is 1.83 bits per heavy atom. The first-order chi connectivity index (χ1) is 10.9. The fourth-order valence-electron chi connectivity index (χ4n) is 2.12. The highest BCUT2D eigenvalue weighted by molar-refractivity contribution is 6.44. The van der Waals surface area contributed by atoms with E-state index in [4.69, 9.17) is 0 Å². The summed E-state index contributed by atoms with van der Waals surface area (Å²) in [6, 6.07) is 10.1. The van der Waals surface area contributed by atoms with E-state index in [1.165, 1.54) is 11.0 Å². The van der Waals surface area contributed by atoms with Crippen molar-refractivity contribution in [2.75, 3.05) is 16.8 Å². The molecule has 4 nitrogen and oxygen atoms in total. The first-order valence-electron chi connectivity index (χ1n) is 7.07. The average molecular weight is 318 g/mol. The van der Waals surface area contributed by atoms with Gasteiger partial charge >= 0.3 is 11.8 Å². The number of amides is 2. The predicted octanol–water partition coefficient (Wildman–Crippen LogP) is 3.26. The quantitative estimate of drug-likeness (QED) is 0.883. The largest absolute Gasteiger partial charge is 0.318 e. The third kappa shape index (κ3) is 3.91. The third-order valence-corrected chi connectivity index (χ3v) is 3.25. The number of likely N-dealkylation sites (N-methyl/N-ethyl adjacent to an activating group) is 1. The maximum Gasteiger partial charge on any atom is 0.316 e. The summed E-state index contributed by atoms with van der Waals surface area (Å²) in [5, 5.41) is 2.27. The van der Waals surface area contributed by atoms with Gasteiger partial charge in [-0.3, -0.25) is 9.59 Å². The van der Waals surface area contributed by atoms with Crippen LogP contribution in [-0.2, 0) is 9.59 Å². The second-order valence-electron chi connectivity index (χ2n) is 4.97. The van der Waals surface area contributed by atoms with Gasteiger partial charge in [0.25, 0.3) is 0 Å². The molecule has 0 unspecified atom stereocenters. The number of aryl methyl sites for hydroxylation is 1. The molecule has 1 N–H and O–H groups in total. The van der Waals surface area contributed by atoms with E-state index in [9.17, 15) is 18.4 Å². The SMILES string of the molecule is CCN(C(=O)C(=O)Nc1ccc(F)c(F)c1)c1cccc(C)c1. The smallest absolute Gasteiger partial charge is 0.316 e. The molecule has 0 atom stereocenters. The molecule has 120 valence electrons. The van der Waals surface area contributed by atoms with Gasteiger partial charge in [0.1, 0.15) is 0 Å². The Hall–Kier alpha value is -2.76. The molecule has 0 aliphatic heterocycles. The van der Waals surface area contributed by atoms with E-state index in [-0.39, 0.29) is 5.69 Å². The molecule has 0 spiro atoms. The number of hydrogen-bond acceptors (Lipinski definition) is 2. The zero-order valence-electron chi connectivity index (χ0n) is 12.8. The summed E-state index contributed by atoms with van der Waals surface area (Å²) in [7, 11) is 0. The normalized spacial score (nSPS) is 10.3. The van der Waals surface area contributed by atoms with Crippen molar-refractivity contribution in [2.24, 2.45) is 0 Å². The molecule has 2 aromatic rings. The minimum atomic E-state index is -1.10. The van der Waals surface area contributed by atoms with Crippen LogP contribution in [-0.4, -0.2) is 18.4 Å². The van der Waals surface area contributed by atoms with E-state index in [1.54, 1.807) is 25.1 Å². The Labute approximate surface area is 132 Å². The van der Waals surface area contributed by atoms with Crippen LogP contribution in [0.25, 0.3) is 0 Å². The lowest BCUT2D eigenvalue weighted by Gasteiger charge is -2.20. The Morgan fingerprint density at radius 1 is 1.09 bits per heavy atom. The van der Waals surface area contributed by atoms with Crippen molar-refractivity contribution in [1.29, 1.82) is 0 Å². The summed E-state index contributed by atoms with van der Waals surface area (Å²) < 4.78 is 26.0. The van der Waals surface area contributed by atoms with Crippen LogP contribution in [0.4, 0.5) is 20.2 Å². The van der Waals surface area contributed by atoms with E-state index in [2.05, 4.69) is 5.32 Å². The first kappa shape index (κ1) is 16.6. The van der Waals surface area contributed by atoms with Crippen molar-refractivity contribution in [2.45, 2.75) is 13.8 Å². The van der Waals surface area contributed by atoms with Crippen LogP contribution >= 0.6 is 0 Å². The topological polar surface area (TPSA) is 49.4 Å². The highest BCUT2D eigenvalue weighted by Gasteiger charge is 2.22. The number of carbonyl (C=O) groups is 2. The maximum atomic E-state index is 13.1. The van der Waals surface area contributed by atoms with Gasteiger partial charge in [0.2, 0.25) is 0 Å². The predicted molar refractivity (Wildman–Crippen MR) is 84.2 cm³/mol. The molecule has 23 heavy (non-hydrogen) atoms. The van der Waals surface area contributed by atoms with Gasteiger partial charge in [-0.2, -0.15) is 0 Å². The lowest BCUT2D eigenvalue weighted by Crippen LogP contribution is -2.39.